The van der Waals surface area contributed by atoms with Crippen molar-refractivity contribution in [2.75, 3.05) is 6.54 Å². The number of rotatable bonds is 2. The Kier molecular flexibility index (Phi) is 3.56. The Morgan fingerprint density at radius 3 is 2.90 bits per heavy atom. The van der Waals surface area contributed by atoms with Crippen molar-refractivity contribution >= 4 is 21.6 Å². The molecule has 2 aromatic heterocycles. The van der Waals surface area contributed by atoms with Gasteiger partial charge >= 0.3 is 0 Å². The Labute approximate surface area is 124 Å². The Bertz CT molecular complexity index is 829. The Balaban J connectivity index is 1.98. The van der Waals surface area contributed by atoms with Gasteiger partial charge in [0.1, 0.15) is 5.15 Å². The summed E-state index contributed by atoms with van der Waals surface area (Å²) >= 11 is 5.75. The fourth-order valence-corrected chi connectivity index (χ4v) is 3.81. The molecule has 3 heterocycles. The molecule has 112 valence electrons. The van der Waals surface area contributed by atoms with Crippen LogP contribution < -0.4 is 10.3 Å². The van der Waals surface area contributed by atoms with Gasteiger partial charge in [0, 0.05) is 18.2 Å². The first-order valence-corrected chi connectivity index (χ1v) is 8.10. The molecule has 2 N–H and O–H groups in total. The van der Waals surface area contributed by atoms with Gasteiger partial charge in [-0.1, -0.05) is 16.8 Å². The first-order chi connectivity index (χ1) is 9.95. The molecule has 0 aromatic carbocycles. The summed E-state index contributed by atoms with van der Waals surface area (Å²) < 4.78 is 31.3. The predicted octanol–water partition coefficient (Wildman–Crippen LogP) is 0.833. The molecule has 1 fully saturated rings. The zero-order valence-corrected chi connectivity index (χ0v) is 12.2. The van der Waals surface area contributed by atoms with Crippen molar-refractivity contribution in [1.82, 2.24) is 19.8 Å². The normalized spacial score (nSPS) is 21.3. The molecule has 0 bridgehead atoms. The largest absolute Gasteiger partial charge is 0.337 e. The molecule has 10 heteroatoms. The van der Waals surface area contributed by atoms with Gasteiger partial charge in [-0.05, 0) is 18.9 Å². The number of halogens is 1. The third kappa shape index (κ3) is 2.85. The standard InChI is InChI=1S/C11H11ClN4O4S/c12-8-4-6(5-9(17)14-8)10-15-11(20-16-10)7-2-1-3-13-21(7,18)19/h4-5,7,13H,1-3H2,(H,14,17). The number of nitrogens with zero attached hydrogens (tertiary/aromatic N) is 2. The van der Waals surface area contributed by atoms with Crippen LogP contribution in [0.4, 0.5) is 0 Å². The fraction of sp³-hybridized carbons (Fsp3) is 0.364. The molecular weight excluding hydrogens is 320 g/mol. The lowest BCUT2D eigenvalue weighted by molar-refractivity contribution is 0.362. The number of hydrogen-bond donors (Lipinski definition) is 2. The van der Waals surface area contributed by atoms with Crippen LogP contribution in [-0.4, -0.2) is 30.1 Å². The van der Waals surface area contributed by atoms with E-state index in [9.17, 15) is 13.2 Å². The van der Waals surface area contributed by atoms with Gasteiger partial charge in [-0.2, -0.15) is 4.98 Å². The van der Waals surface area contributed by atoms with Crippen LogP contribution in [0.1, 0.15) is 24.0 Å². The van der Waals surface area contributed by atoms with Crippen LogP contribution in [0.25, 0.3) is 11.4 Å². The van der Waals surface area contributed by atoms with Crippen molar-refractivity contribution in [3.8, 4) is 11.4 Å². The minimum absolute atomic E-state index is 0.00797. The van der Waals surface area contributed by atoms with Crippen LogP contribution in [0.5, 0.6) is 0 Å². The molecule has 1 atom stereocenters. The molecule has 0 radical (unpaired) electrons. The second-order valence-electron chi connectivity index (χ2n) is 4.61. The van der Waals surface area contributed by atoms with Crippen LogP contribution in [0.2, 0.25) is 5.15 Å². The van der Waals surface area contributed by atoms with E-state index in [0.717, 1.165) is 0 Å². The lowest BCUT2D eigenvalue weighted by Gasteiger charge is -2.19. The van der Waals surface area contributed by atoms with E-state index in [4.69, 9.17) is 16.1 Å². The van der Waals surface area contributed by atoms with E-state index < -0.39 is 20.8 Å². The summed E-state index contributed by atoms with van der Waals surface area (Å²) in [6, 6.07) is 2.72. The zero-order valence-electron chi connectivity index (χ0n) is 10.7. The Hall–Kier alpha value is -1.71. The predicted molar refractivity (Wildman–Crippen MR) is 74.3 cm³/mol. The minimum atomic E-state index is -3.50. The lowest BCUT2D eigenvalue weighted by atomic mass is 10.2. The van der Waals surface area contributed by atoms with Gasteiger partial charge in [0.2, 0.25) is 27.3 Å². The smallest absolute Gasteiger partial charge is 0.249 e. The maximum atomic E-state index is 11.9. The van der Waals surface area contributed by atoms with Gasteiger partial charge in [-0.3, -0.25) is 4.79 Å². The summed E-state index contributed by atoms with van der Waals surface area (Å²) in [5, 5.41) is 2.98. The monoisotopic (exact) mass is 330 g/mol. The van der Waals surface area contributed by atoms with E-state index in [1.165, 1.54) is 12.1 Å². The number of aromatic nitrogens is 3. The second kappa shape index (κ2) is 5.24. The third-order valence-corrected chi connectivity index (χ3v) is 5.10. The molecule has 2 aromatic rings. The highest BCUT2D eigenvalue weighted by atomic mass is 35.5. The topological polar surface area (TPSA) is 118 Å². The van der Waals surface area contributed by atoms with Gasteiger partial charge in [0.25, 0.3) is 0 Å². The summed E-state index contributed by atoms with van der Waals surface area (Å²) in [4.78, 5) is 17.8. The number of pyridine rings is 1. The average molecular weight is 331 g/mol. The molecule has 0 spiro atoms. The van der Waals surface area contributed by atoms with Crippen molar-refractivity contribution in [2.24, 2.45) is 0 Å². The van der Waals surface area contributed by atoms with Crippen molar-refractivity contribution in [2.45, 2.75) is 18.1 Å². The fourth-order valence-electron chi connectivity index (χ4n) is 2.14. The molecule has 8 nitrogen and oxygen atoms in total. The number of sulfonamides is 1. The molecular formula is C11H11ClN4O4S. The van der Waals surface area contributed by atoms with Gasteiger partial charge in [0.05, 0.1) is 0 Å². The first-order valence-electron chi connectivity index (χ1n) is 6.18. The highest BCUT2D eigenvalue weighted by Gasteiger charge is 2.34. The third-order valence-electron chi connectivity index (χ3n) is 3.11. The summed E-state index contributed by atoms with van der Waals surface area (Å²) in [5.74, 6) is 0.132. The summed E-state index contributed by atoms with van der Waals surface area (Å²) in [7, 11) is -3.50. The quantitative estimate of drug-likeness (QED) is 0.787. The van der Waals surface area contributed by atoms with Crippen molar-refractivity contribution in [1.29, 1.82) is 0 Å². The summed E-state index contributed by atoms with van der Waals surface area (Å²) in [6.45, 7) is 0.406. The van der Waals surface area contributed by atoms with E-state index in [2.05, 4.69) is 19.8 Å². The Morgan fingerprint density at radius 1 is 1.38 bits per heavy atom. The molecule has 1 aliphatic heterocycles. The van der Waals surface area contributed by atoms with Crippen LogP contribution in [-0.2, 0) is 10.0 Å². The zero-order chi connectivity index (χ0) is 15.0. The van der Waals surface area contributed by atoms with E-state index in [0.29, 0.717) is 24.9 Å². The number of H-pyrrole nitrogens is 1. The van der Waals surface area contributed by atoms with Crippen LogP contribution in [0, 0.1) is 0 Å². The van der Waals surface area contributed by atoms with Gasteiger partial charge < -0.3 is 9.51 Å². The van der Waals surface area contributed by atoms with E-state index >= 15 is 0 Å². The van der Waals surface area contributed by atoms with Crippen LogP contribution in [0.3, 0.4) is 0 Å². The number of aromatic amines is 1. The molecule has 21 heavy (non-hydrogen) atoms. The van der Waals surface area contributed by atoms with E-state index in [1.807, 2.05) is 0 Å². The minimum Gasteiger partial charge on any atom is -0.337 e. The molecule has 0 amide bonds. The molecule has 0 aliphatic carbocycles. The van der Waals surface area contributed by atoms with Crippen molar-refractivity contribution in [3.63, 3.8) is 0 Å². The highest BCUT2D eigenvalue weighted by molar-refractivity contribution is 7.89. The van der Waals surface area contributed by atoms with Crippen molar-refractivity contribution in [3.05, 3.63) is 33.5 Å². The average Bonchev–Trinajstić information content (AvgIpc) is 2.86. The van der Waals surface area contributed by atoms with E-state index in [1.54, 1.807) is 0 Å². The molecule has 1 saturated heterocycles. The highest BCUT2D eigenvalue weighted by Crippen LogP contribution is 2.29. The maximum absolute atomic E-state index is 11.9. The number of hydrogen-bond acceptors (Lipinski definition) is 6. The maximum Gasteiger partial charge on any atom is 0.249 e. The van der Waals surface area contributed by atoms with Gasteiger partial charge in [-0.15, -0.1) is 0 Å². The Morgan fingerprint density at radius 2 is 2.19 bits per heavy atom. The second-order valence-corrected chi connectivity index (χ2v) is 6.96. The molecule has 3 rings (SSSR count). The van der Waals surface area contributed by atoms with Gasteiger partial charge in [0.15, 0.2) is 5.25 Å². The number of nitrogens with one attached hydrogen (secondary N) is 2. The molecule has 1 unspecified atom stereocenters. The summed E-state index contributed by atoms with van der Waals surface area (Å²) in [5.41, 5.74) is -0.0456. The van der Waals surface area contributed by atoms with Gasteiger partial charge in [-0.25, -0.2) is 13.1 Å². The summed E-state index contributed by atoms with van der Waals surface area (Å²) in [6.07, 6.45) is 1.10. The van der Waals surface area contributed by atoms with Crippen LogP contribution >= 0.6 is 11.6 Å². The SMILES string of the molecule is O=c1cc(-c2noc(C3CCCNS3(=O)=O)n2)cc(Cl)[nH]1. The van der Waals surface area contributed by atoms with Crippen LogP contribution in [0.15, 0.2) is 21.5 Å². The molecule has 1 aliphatic rings. The van der Waals surface area contributed by atoms with E-state index in [-0.39, 0.29) is 16.9 Å². The lowest BCUT2D eigenvalue weighted by Crippen LogP contribution is -2.35. The first kappa shape index (κ1) is 14.2. The molecule has 0 saturated carbocycles. The van der Waals surface area contributed by atoms with Crippen molar-refractivity contribution < 1.29 is 12.9 Å².